The van der Waals surface area contributed by atoms with E-state index in [1.54, 1.807) is 9.75 Å². The van der Waals surface area contributed by atoms with Crippen molar-refractivity contribution in [3.63, 3.8) is 0 Å². The number of rotatable bonds is 22. The molecule has 0 spiro atoms. The molecule has 0 saturated heterocycles. The molecule has 0 aliphatic rings. The van der Waals surface area contributed by atoms with E-state index in [-0.39, 0.29) is 0 Å². The van der Waals surface area contributed by atoms with Gasteiger partial charge in [-0.25, -0.2) is 0 Å². The molecule has 6 heterocycles. The van der Waals surface area contributed by atoms with Crippen LogP contribution in [0.1, 0.15) is 126 Å². The molecule has 0 radical (unpaired) electrons. The molecule has 0 amide bonds. The summed E-state index contributed by atoms with van der Waals surface area (Å²) in [5.74, 6) is 0. The molecule has 6 heteroatoms. The lowest BCUT2D eigenvalue weighted by Gasteiger charge is -2.09. The van der Waals surface area contributed by atoms with Crippen LogP contribution in [0.15, 0.2) is 133 Å². The van der Waals surface area contributed by atoms with Crippen LogP contribution in [-0.4, -0.2) is 9.13 Å². The lowest BCUT2D eigenvalue weighted by atomic mass is 10.1. The van der Waals surface area contributed by atoms with Crippen LogP contribution in [0, 0.1) is 0 Å². The molecule has 0 N–H and O–H groups in total. The van der Waals surface area contributed by atoms with E-state index in [1.807, 2.05) is 45.3 Å². The Hall–Kier alpha value is -4.98. The minimum absolute atomic E-state index is 1.19. The van der Waals surface area contributed by atoms with Gasteiger partial charge in [-0.3, -0.25) is 0 Å². The number of nitrogens with zero attached hydrogens (tertiary/aromatic N) is 2. The number of hydrogen-bond acceptors (Lipinski definition) is 4. The van der Waals surface area contributed by atoms with Crippen LogP contribution in [0.2, 0.25) is 0 Å². The third kappa shape index (κ3) is 9.39. The van der Waals surface area contributed by atoms with Gasteiger partial charge in [-0.15, -0.1) is 45.3 Å². The van der Waals surface area contributed by atoms with E-state index in [0.717, 1.165) is 0 Å². The van der Waals surface area contributed by atoms with Crippen molar-refractivity contribution >= 4 is 108 Å². The third-order valence-corrected chi connectivity index (χ3v) is 19.1. The molecular weight excluding hydrogens is 901 g/mol. The second-order valence-corrected chi connectivity index (χ2v) is 23.7. The van der Waals surface area contributed by atoms with Gasteiger partial charge in [0.2, 0.25) is 0 Å². The summed E-state index contributed by atoms with van der Waals surface area (Å²) < 4.78 is 10.7. The van der Waals surface area contributed by atoms with Gasteiger partial charge in [0.1, 0.15) is 0 Å². The van der Waals surface area contributed by atoms with E-state index in [0.29, 0.717) is 0 Å². The zero-order chi connectivity index (χ0) is 45.8. The summed E-state index contributed by atoms with van der Waals surface area (Å²) in [5.41, 5.74) is 9.94. The zero-order valence-corrected chi connectivity index (χ0v) is 43.2. The van der Waals surface area contributed by atoms with Crippen molar-refractivity contribution in [2.24, 2.45) is 0 Å². The minimum Gasteiger partial charge on any atom is -0.309 e. The second kappa shape index (κ2) is 20.9. The summed E-state index contributed by atoms with van der Waals surface area (Å²) in [5, 5.41) is 5.15. The molecule has 346 valence electrons. The van der Waals surface area contributed by atoms with E-state index < -0.39 is 0 Å². The number of thiophene rings is 4. The molecule has 0 bridgehead atoms. The van der Waals surface area contributed by atoms with Gasteiger partial charge in [-0.05, 0) is 122 Å². The first-order valence-electron chi connectivity index (χ1n) is 25.9. The van der Waals surface area contributed by atoms with Crippen LogP contribution in [0.4, 0.5) is 0 Å². The fourth-order valence-corrected chi connectivity index (χ4v) is 15.6. The maximum atomic E-state index is 2.49. The van der Waals surface area contributed by atoms with Crippen LogP contribution in [0.5, 0.6) is 0 Å². The molecule has 0 aliphatic heterocycles. The Morgan fingerprint density at radius 1 is 0.324 bits per heavy atom. The average Bonchev–Trinajstić information content (AvgIpc) is 4.22. The van der Waals surface area contributed by atoms with E-state index in [9.17, 15) is 0 Å². The molecule has 0 fully saturated rings. The van der Waals surface area contributed by atoms with Crippen molar-refractivity contribution in [2.75, 3.05) is 0 Å². The summed E-state index contributed by atoms with van der Waals surface area (Å²) in [6.45, 7) is 4.60. The van der Waals surface area contributed by atoms with Crippen molar-refractivity contribution in [2.45, 2.75) is 129 Å². The van der Waals surface area contributed by atoms with Gasteiger partial charge < -0.3 is 9.13 Å². The highest BCUT2D eigenvalue weighted by atomic mass is 32.1. The molecule has 2 nitrogen and oxygen atoms in total. The summed E-state index contributed by atoms with van der Waals surface area (Å²) >= 11 is 7.94. The Balaban J connectivity index is 0.935. The van der Waals surface area contributed by atoms with Gasteiger partial charge in [0.25, 0.3) is 0 Å². The number of unbranched alkanes of at least 4 members (excludes halogenated alkanes) is 14. The van der Waals surface area contributed by atoms with Gasteiger partial charge in [0.05, 0.1) is 22.1 Å². The molecule has 6 aromatic heterocycles. The topological polar surface area (TPSA) is 9.86 Å². The lowest BCUT2D eigenvalue weighted by molar-refractivity contribution is 0.576. The van der Waals surface area contributed by atoms with Gasteiger partial charge in [0, 0.05) is 71.2 Å². The maximum Gasteiger partial charge on any atom is 0.0548 e. The van der Waals surface area contributed by atoms with Crippen LogP contribution < -0.4 is 0 Å². The highest BCUT2D eigenvalue weighted by molar-refractivity contribution is 7.30. The molecule has 0 saturated carbocycles. The van der Waals surface area contributed by atoms with Crippen molar-refractivity contribution in [3.8, 4) is 32.3 Å². The number of hydrogen-bond donors (Lipinski definition) is 0. The highest BCUT2D eigenvalue weighted by Crippen LogP contribution is 2.45. The molecule has 0 aliphatic carbocycles. The van der Waals surface area contributed by atoms with E-state index in [4.69, 9.17) is 0 Å². The number of para-hydroxylation sites is 2. The predicted molar refractivity (Wildman–Crippen MR) is 305 cm³/mol. The number of aromatic nitrogens is 2. The van der Waals surface area contributed by atoms with Crippen molar-refractivity contribution < 1.29 is 0 Å². The first kappa shape index (κ1) is 45.5. The zero-order valence-electron chi connectivity index (χ0n) is 40.0. The Kier molecular flexibility index (Phi) is 14.0. The lowest BCUT2D eigenvalue weighted by Crippen LogP contribution is -1.94. The summed E-state index contributed by atoms with van der Waals surface area (Å²) in [7, 11) is 0. The van der Waals surface area contributed by atoms with Gasteiger partial charge in [-0.1, -0.05) is 152 Å². The smallest absolute Gasteiger partial charge is 0.0548 e. The molecule has 68 heavy (non-hydrogen) atoms. The quantitative estimate of drug-likeness (QED) is 0.0599. The normalized spacial score (nSPS) is 12.1. The SMILES string of the molecule is CCCCCCCCCCc1cc2sc(-c3ccc4c(c3)c3cc5c(cc3n4-c3ccccc3)c3cc(-c4cc6sc(CCCCCCCCCC)cc6s4)ccc3n5-c3ccccc3)cc2s1. The molecule has 5 aromatic carbocycles. The standard InChI is InChI=1S/C62H64N2S4/c1-3-5-7-9-11-13-15-23-29-47-37-59-61(65-47)41-57(67-59)43-31-33-53-49(35-43)51-39-56-52(40-55(51)63(53)45-25-19-17-20-26-45)50-36-44(32-34-54(50)64(56)46-27-21-18-22-28-46)58-42-62-60(68-58)38-48(66-62)30-24-16-14-12-10-8-6-4-2/h17-22,25-28,31-42H,3-16,23-24,29-30H2,1-2H3. The van der Waals surface area contributed by atoms with E-state index in [2.05, 4.69) is 156 Å². The van der Waals surface area contributed by atoms with Crippen molar-refractivity contribution in [3.05, 3.63) is 143 Å². The third-order valence-electron chi connectivity index (χ3n) is 14.3. The monoisotopic (exact) mass is 964 g/mol. The predicted octanol–water partition coefficient (Wildman–Crippen LogP) is 21.1. The summed E-state index contributed by atoms with van der Waals surface area (Å²) in [6.07, 6.45) is 24.4. The highest BCUT2D eigenvalue weighted by Gasteiger charge is 2.21. The van der Waals surface area contributed by atoms with Crippen LogP contribution in [0.3, 0.4) is 0 Å². The van der Waals surface area contributed by atoms with Gasteiger partial charge in [-0.2, -0.15) is 0 Å². The van der Waals surface area contributed by atoms with Gasteiger partial charge in [0.15, 0.2) is 0 Å². The second-order valence-electron chi connectivity index (χ2n) is 19.2. The maximum absolute atomic E-state index is 2.49. The Morgan fingerprint density at radius 3 is 1.09 bits per heavy atom. The Labute approximate surface area is 418 Å². The average molecular weight is 965 g/mol. The molecular formula is C62H64N2S4. The largest absolute Gasteiger partial charge is 0.309 e. The number of benzene rings is 5. The fourth-order valence-electron chi connectivity index (χ4n) is 10.7. The van der Waals surface area contributed by atoms with Crippen molar-refractivity contribution in [1.82, 2.24) is 9.13 Å². The number of fused-ring (bicyclic) bond motifs is 8. The Morgan fingerprint density at radius 2 is 0.691 bits per heavy atom. The fraction of sp³-hybridized carbons (Fsp3) is 0.323. The number of aryl methyl sites for hydroxylation is 2. The first-order chi connectivity index (χ1) is 33.6. The summed E-state index contributed by atoms with van der Waals surface area (Å²) in [6, 6.07) is 51.2. The molecule has 0 atom stereocenters. The molecule has 11 aromatic rings. The van der Waals surface area contributed by atoms with Crippen LogP contribution in [-0.2, 0) is 12.8 Å². The van der Waals surface area contributed by atoms with Crippen LogP contribution >= 0.6 is 45.3 Å². The van der Waals surface area contributed by atoms with Crippen molar-refractivity contribution in [1.29, 1.82) is 0 Å². The van der Waals surface area contributed by atoms with Gasteiger partial charge >= 0.3 is 0 Å². The summed E-state index contributed by atoms with van der Waals surface area (Å²) in [4.78, 5) is 5.80. The van der Waals surface area contributed by atoms with Crippen LogP contribution in [0.25, 0.3) is 94.7 Å². The van der Waals surface area contributed by atoms with E-state index in [1.165, 1.54) is 210 Å². The Bertz CT molecular complexity index is 3150. The minimum atomic E-state index is 1.19. The van der Waals surface area contributed by atoms with E-state index >= 15 is 0 Å². The molecule has 0 unspecified atom stereocenters. The first-order valence-corrected chi connectivity index (χ1v) is 29.1. The molecule has 11 rings (SSSR count).